The van der Waals surface area contributed by atoms with Crippen LogP contribution in [0, 0.1) is 0 Å². The summed E-state index contributed by atoms with van der Waals surface area (Å²) in [6.45, 7) is 5.97. The summed E-state index contributed by atoms with van der Waals surface area (Å²) < 4.78 is 18.0. The van der Waals surface area contributed by atoms with Gasteiger partial charge in [-0.3, -0.25) is 14.2 Å². The average molecular weight is 534 g/mol. The van der Waals surface area contributed by atoms with E-state index in [1.165, 1.54) is 18.8 Å². The third-order valence-electron chi connectivity index (χ3n) is 6.68. The van der Waals surface area contributed by atoms with Gasteiger partial charge in [0.15, 0.2) is 16.3 Å². The fourth-order valence-electron chi connectivity index (χ4n) is 4.99. The highest BCUT2D eigenvalue weighted by Gasteiger charge is 2.37. The lowest BCUT2D eigenvalue weighted by Gasteiger charge is -2.25. The van der Waals surface area contributed by atoms with E-state index in [2.05, 4.69) is 4.99 Å². The quantitative estimate of drug-likeness (QED) is 0.452. The van der Waals surface area contributed by atoms with Gasteiger partial charge in [-0.2, -0.15) is 0 Å². The molecule has 0 radical (unpaired) electrons. The Hall–Kier alpha value is -4.18. The Kier molecular flexibility index (Phi) is 6.66. The molecular weight excluding hydrogens is 506 g/mol. The minimum atomic E-state index is -0.839. The highest BCUT2D eigenvalue weighted by molar-refractivity contribution is 7.07. The van der Waals surface area contributed by atoms with Crippen molar-refractivity contribution in [1.82, 2.24) is 4.57 Å². The maximum Gasteiger partial charge on any atom is 0.338 e. The molecule has 2 aromatic carbocycles. The van der Waals surface area contributed by atoms with Crippen molar-refractivity contribution in [1.29, 1.82) is 0 Å². The number of para-hydroxylation sites is 1. The molecule has 1 atom stereocenters. The topological polar surface area (TPSA) is 99.4 Å². The van der Waals surface area contributed by atoms with Crippen LogP contribution in [0.3, 0.4) is 0 Å². The van der Waals surface area contributed by atoms with E-state index in [4.69, 9.17) is 14.2 Å². The van der Waals surface area contributed by atoms with Crippen LogP contribution in [0.1, 0.15) is 37.9 Å². The molecule has 2 aliphatic heterocycles. The second-order valence-corrected chi connectivity index (χ2v) is 9.66. The molecule has 0 unspecified atom stereocenters. The number of thiazole rings is 1. The predicted molar refractivity (Wildman–Crippen MR) is 143 cm³/mol. The van der Waals surface area contributed by atoms with E-state index >= 15 is 0 Å². The van der Waals surface area contributed by atoms with Gasteiger partial charge in [0.05, 0.1) is 49.4 Å². The number of fused-ring (bicyclic) bond motifs is 2. The van der Waals surface area contributed by atoms with Crippen LogP contribution in [0.25, 0.3) is 5.57 Å². The fraction of sp³-hybridized carbons (Fsp3) is 0.286. The summed E-state index contributed by atoms with van der Waals surface area (Å²) in [5.41, 5.74) is 2.71. The lowest BCUT2D eigenvalue weighted by Crippen LogP contribution is -2.41. The third-order valence-corrected chi connectivity index (χ3v) is 7.74. The molecule has 0 spiro atoms. The number of carbonyl (C=O) groups is 2. The zero-order chi connectivity index (χ0) is 27.1. The van der Waals surface area contributed by atoms with Crippen LogP contribution in [0.5, 0.6) is 11.5 Å². The Morgan fingerprint density at radius 1 is 1.05 bits per heavy atom. The number of allylic oxidation sites excluding steroid dienone is 1. The summed E-state index contributed by atoms with van der Waals surface area (Å²) in [7, 11) is 3.05. The zero-order valence-electron chi connectivity index (χ0n) is 21.7. The van der Waals surface area contributed by atoms with Crippen LogP contribution in [-0.2, 0) is 14.3 Å². The van der Waals surface area contributed by atoms with E-state index in [0.717, 1.165) is 17.0 Å². The van der Waals surface area contributed by atoms with Crippen LogP contribution in [-0.4, -0.2) is 43.8 Å². The number of likely N-dealkylation sites (N-methyl/N-ethyl adjacent to an activating group) is 1. The number of ether oxygens (including phenoxy) is 3. The summed E-state index contributed by atoms with van der Waals surface area (Å²) in [5.74, 6) is 0.164. The smallest absolute Gasteiger partial charge is 0.338 e. The van der Waals surface area contributed by atoms with Gasteiger partial charge in [-0.1, -0.05) is 35.6 Å². The minimum Gasteiger partial charge on any atom is -0.493 e. The predicted octanol–water partition coefficient (Wildman–Crippen LogP) is 2.55. The van der Waals surface area contributed by atoms with Crippen molar-refractivity contribution < 1.29 is 23.8 Å². The van der Waals surface area contributed by atoms with Gasteiger partial charge in [-0.25, -0.2) is 9.79 Å². The number of hydrogen-bond acceptors (Lipinski definition) is 8. The Morgan fingerprint density at radius 2 is 1.79 bits per heavy atom. The molecule has 1 amide bonds. The first-order chi connectivity index (χ1) is 18.4. The summed E-state index contributed by atoms with van der Waals surface area (Å²) in [5, 5.41) is 0. The molecule has 9 nitrogen and oxygen atoms in total. The van der Waals surface area contributed by atoms with E-state index in [0.29, 0.717) is 45.2 Å². The van der Waals surface area contributed by atoms with Crippen molar-refractivity contribution in [3.05, 3.63) is 84.5 Å². The second-order valence-electron chi connectivity index (χ2n) is 8.68. The first-order valence-electron chi connectivity index (χ1n) is 12.2. The minimum absolute atomic E-state index is 0.168. The molecule has 38 heavy (non-hydrogen) atoms. The number of aromatic nitrogens is 1. The Balaban J connectivity index is 1.83. The van der Waals surface area contributed by atoms with Crippen LogP contribution >= 0.6 is 11.3 Å². The number of carbonyl (C=O) groups excluding carboxylic acids is 2. The maximum absolute atomic E-state index is 14.1. The highest BCUT2D eigenvalue weighted by atomic mass is 32.1. The fourth-order valence-corrected chi connectivity index (χ4v) is 6.13. The van der Waals surface area contributed by atoms with E-state index in [9.17, 15) is 14.4 Å². The molecule has 196 valence electrons. The molecule has 5 rings (SSSR count). The molecule has 0 saturated heterocycles. The molecule has 0 bridgehead atoms. The van der Waals surface area contributed by atoms with Crippen LogP contribution in [0.15, 0.2) is 63.5 Å². The summed E-state index contributed by atoms with van der Waals surface area (Å²) in [6.07, 6.45) is 0. The van der Waals surface area contributed by atoms with Crippen LogP contribution < -0.4 is 29.3 Å². The molecule has 0 saturated carbocycles. The van der Waals surface area contributed by atoms with E-state index in [1.54, 1.807) is 36.9 Å². The molecule has 10 heteroatoms. The molecular formula is C28H27N3O6S. The maximum atomic E-state index is 14.1. The zero-order valence-corrected chi connectivity index (χ0v) is 22.5. The molecule has 0 aliphatic carbocycles. The molecule has 0 fully saturated rings. The molecule has 0 N–H and O–H groups in total. The van der Waals surface area contributed by atoms with Gasteiger partial charge in [0.25, 0.3) is 11.5 Å². The van der Waals surface area contributed by atoms with Crippen molar-refractivity contribution in [2.45, 2.75) is 26.8 Å². The number of anilines is 1. The number of benzene rings is 2. The molecule has 3 aromatic rings. The first kappa shape index (κ1) is 25.5. The average Bonchev–Trinajstić information content (AvgIpc) is 3.39. The first-order valence-corrected chi connectivity index (χ1v) is 13.0. The van der Waals surface area contributed by atoms with Crippen LogP contribution in [0.2, 0.25) is 0 Å². The Bertz CT molecular complexity index is 1680. The van der Waals surface area contributed by atoms with Gasteiger partial charge in [0, 0.05) is 12.1 Å². The number of methoxy groups -OCH3 is 2. The number of esters is 1. The summed E-state index contributed by atoms with van der Waals surface area (Å²) in [4.78, 5) is 47.5. The standard InChI is InChI=1S/C28H27N3O6S/c1-6-30-18-11-9-8-10-17(18)22(25(30)32)24-26(33)31-23(16-12-13-19(35-4)20(14-16)36-5)21(27(34)37-7-2)15(3)29-28(31)38-24/h8-14,23H,6-7H2,1-5H3/b24-22-/t23-/m0/s1. The molecule has 3 heterocycles. The van der Waals surface area contributed by atoms with E-state index < -0.39 is 17.6 Å². The number of amides is 1. The van der Waals surface area contributed by atoms with Crippen molar-refractivity contribution in [2.75, 3.05) is 32.3 Å². The van der Waals surface area contributed by atoms with Gasteiger partial charge in [0.1, 0.15) is 4.53 Å². The summed E-state index contributed by atoms with van der Waals surface area (Å²) in [6, 6.07) is 11.8. The largest absolute Gasteiger partial charge is 0.493 e. The van der Waals surface area contributed by atoms with Gasteiger partial charge >= 0.3 is 5.97 Å². The van der Waals surface area contributed by atoms with Gasteiger partial charge in [-0.15, -0.1) is 0 Å². The van der Waals surface area contributed by atoms with Gasteiger partial charge < -0.3 is 19.1 Å². The van der Waals surface area contributed by atoms with Crippen molar-refractivity contribution in [2.24, 2.45) is 4.99 Å². The SMILES string of the molecule is CCOC(=O)C1=C(C)N=c2s/c(=C3\C(=O)N(CC)c4ccccc43)c(=O)n2[C@H]1c1ccc(OC)c(OC)c1. The monoisotopic (exact) mass is 533 g/mol. The Labute approximate surface area is 222 Å². The molecule has 2 aliphatic rings. The normalized spacial score (nSPS) is 17.7. The lowest BCUT2D eigenvalue weighted by molar-refractivity contribution is -0.139. The number of rotatable bonds is 6. The van der Waals surface area contributed by atoms with Gasteiger partial charge in [-0.05, 0) is 44.5 Å². The highest BCUT2D eigenvalue weighted by Crippen LogP contribution is 2.37. The summed E-state index contributed by atoms with van der Waals surface area (Å²) >= 11 is 1.14. The van der Waals surface area contributed by atoms with Crippen molar-refractivity contribution in [3.63, 3.8) is 0 Å². The Morgan fingerprint density at radius 3 is 2.47 bits per heavy atom. The second kappa shape index (κ2) is 9.94. The van der Waals surface area contributed by atoms with Crippen molar-refractivity contribution >= 4 is 34.5 Å². The van der Waals surface area contributed by atoms with Gasteiger partial charge in [0.2, 0.25) is 0 Å². The van der Waals surface area contributed by atoms with Crippen LogP contribution in [0.4, 0.5) is 5.69 Å². The van der Waals surface area contributed by atoms with E-state index in [-0.39, 0.29) is 22.6 Å². The number of hydrogen-bond donors (Lipinski definition) is 0. The number of nitrogens with zero attached hydrogens (tertiary/aromatic N) is 3. The van der Waals surface area contributed by atoms with E-state index in [1.807, 2.05) is 31.2 Å². The van der Waals surface area contributed by atoms with Crippen molar-refractivity contribution in [3.8, 4) is 11.5 Å². The molecule has 1 aromatic heterocycles. The third kappa shape index (κ3) is 3.83. The lowest BCUT2D eigenvalue weighted by atomic mass is 9.95.